The van der Waals surface area contributed by atoms with Gasteiger partial charge in [-0.1, -0.05) is 92.0 Å². The molecule has 2 amide bonds. The zero-order valence-corrected chi connectivity index (χ0v) is 29.0. The fourth-order valence-corrected chi connectivity index (χ4v) is 4.77. The number of carbonyl (C=O) groups is 3. The van der Waals surface area contributed by atoms with Crippen LogP contribution in [0.3, 0.4) is 0 Å². The largest absolute Gasteiger partial charge is 0.507 e. The number of benzene rings is 1. The van der Waals surface area contributed by atoms with Gasteiger partial charge in [-0.15, -0.1) is 11.8 Å². The second-order valence-electron chi connectivity index (χ2n) is 10.7. The summed E-state index contributed by atoms with van der Waals surface area (Å²) in [6, 6.07) is 4.88. The molecule has 0 radical (unpaired) electrons. The molecule has 0 fully saturated rings. The van der Waals surface area contributed by atoms with Gasteiger partial charge in [0.25, 0.3) is 5.91 Å². The summed E-state index contributed by atoms with van der Waals surface area (Å²) in [4.78, 5) is 37.5. The van der Waals surface area contributed by atoms with Crippen molar-refractivity contribution in [3.05, 3.63) is 103 Å². The van der Waals surface area contributed by atoms with Gasteiger partial charge in [0.1, 0.15) is 17.9 Å². The molecular weight excluding hydrogens is 628 g/mol. The Morgan fingerprint density at radius 1 is 0.792 bits per heavy atom. The third-order valence-corrected chi connectivity index (χ3v) is 7.61. The van der Waals surface area contributed by atoms with Crippen LogP contribution in [0.1, 0.15) is 75.1 Å². The van der Waals surface area contributed by atoms with Crippen LogP contribution in [0.4, 0.5) is 0 Å². The number of carbonyl (C=O) groups excluding carboxylic acids is 3. The topological polar surface area (TPSA) is 145 Å². The van der Waals surface area contributed by atoms with Crippen molar-refractivity contribution < 1.29 is 34.4 Å². The molecule has 0 heterocycles. The van der Waals surface area contributed by atoms with Crippen molar-refractivity contribution in [3.63, 3.8) is 0 Å². The van der Waals surface area contributed by atoms with E-state index in [4.69, 9.17) is 4.74 Å². The lowest BCUT2D eigenvalue weighted by atomic mass is 10.1. The van der Waals surface area contributed by atoms with E-state index in [2.05, 4.69) is 90.5 Å². The highest BCUT2D eigenvalue weighted by atomic mass is 32.2. The zero-order chi connectivity index (χ0) is 35.1. The van der Waals surface area contributed by atoms with E-state index in [0.717, 1.165) is 44.3 Å². The molecule has 0 aliphatic carbocycles. The molecule has 9 nitrogen and oxygen atoms in total. The number of hydrogen-bond acceptors (Lipinski definition) is 8. The van der Waals surface area contributed by atoms with Crippen molar-refractivity contribution in [2.24, 2.45) is 0 Å². The first-order valence-electron chi connectivity index (χ1n) is 16.7. The number of unbranched alkanes of at least 4 members (excludes halogenated alkanes) is 1. The van der Waals surface area contributed by atoms with Gasteiger partial charge in [0.05, 0.1) is 24.5 Å². The summed E-state index contributed by atoms with van der Waals surface area (Å²) in [5.74, 6) is -0.697. The Hall–Kier alpha value is -3.86. The third-order valence-electron chi connectivity index (χ3n) is 6.71. The maximum absolute atomic E-state index is 12.6. The second-order valence-corrected chi connectivity index (χ2v) is 11.8. The highest BCUT2D eigenvalue weighted by molar-refractivity contribution is 8.00. The summed E-state index contributed by atoms with van der Waals surface area (Å²) >= 11 is 1.52. The molecule has 264 valence electrons. The summed E-state index contributed by atoms with van der Waals surface area (Å²) in [5, 5.41) is 33.9. The summed E-state index contributed by atoms with van der Waals surface area (Å²) in [6.07, 6.45) is 31.8. The molecular formula is C38H54N2O7S. The number of aliphatic hydroxyl groups is 2. The smallest absolute Gasteiger partial charge is 0.329 e. The lowest BCUT2D eigenvalue weighted by Crippen LogP contribution is -2.44. The van der Waals surface area contributed by atoms with E-state index in [0.29, 0.717) is 25.1 Å². The molecule has 0 saturated carbocycles. The number of para-hydroxylation sites is 1. The first-order valence-corrected chi connectivity index (χ1v) is 17.8. The predicted molar refractivity (Wildman–Crippen MR) is 196 cm³/mol. The van der Waals surface area contributed by atoms with E-state index in [1.54, 1.807) is 12.1 Å². The number of nitrogens with one attached hydrogen (secondary N) is 2. The van der Waals surface area contributed by atoms with Gasteiger partial charge in [-0.3, -0.25) is 9.59 Å². The van der Waals surface area contributed by atoms with Crippen LogP contribution in [-0.2, 0) is 14.3 Å². The number of aromatic hydroxyl groups is 1. The lowest BCUT2D eigenvalue weighted by Gasteiger charge is -2.21. The number of thioether (sulfide) groups is 1. The molecule has 1 atom stereocenters. The molecule has 0 bridgehead atoms. The highest BCUT2D eigenvalue weighted by Gasteiger charge is 2.26. The van der Waals surface area contributed by atoms with E-state index in [1.807, 2.05) is 0 Å². The molecule has 1 aromatic rings. The number of amides is 2. The quantitative estimate of drug-likeness (QED) is 0.0448. The number of ether oxygens (including phenoxy) is 1. The fraction of sp³-hybridized carbons (Fsp3) is 0.447. The van der Waals surface area contributed by atoms with Crippen LogP contribution in [0.2, 0.25) is 0 Å². The molecule has 0 saturated heterocycles. The van der Waals surface area contributed by atoms with Crippen LogP contribution < -0.4 is 10.6 Å². The number of phenolic OH excluding ortho intramolecular Hbond substituents is 1. The van der Waals surface area contributed by atoms with Gasteiger partial charge < -0.3 is 30.7 Å². The van der Waals surface area contributed by atoms with Crippen LogP contribution in [0.5, 0.6) is 5.75 Å². The lowest BCUT2D eigenvalue weighted by molar-refractivity contribution is -0.156. The number of rotatable bonds is 26. The summed E-state index contributed by atoms with van der Waals surface area (Å²) < 4.78 is 5.10. The van der Waals surface area contributed by atoms with Crippen LogP contribution in [0.25, 0.3) is 0 Å². The van der Waals surface area contributed by atoms with Crippen molar-refractivity contribution in [3.8, 4) is 5.75 Å². The van der Waals surface area contributed by atoms with Gasteiger partial charge in [-0.05, 0) is 69.9 Å². The number of phenols is 1. The maximum Gasteiger partial charge on any atom is 0.329 e. The first kappa shape index (κ1) is 42.2. The third kappa shape index (κ3) is 21.8. The Kier molecular flexibility index (Phi) is 25.7. The van der Waals surface area contributed by atoms with Crippen molar-refractivity contribution >= 4 is 29.5 Å². The van der Waals surface area contributed by atoms with E-state index < -0.39 is 37.2 Å². The molecule has 5 N–H and O–H groups in total. The van der Waals surface area contributed by atoms with Gasteiger partial charge in [0.15, 0.2) is 0 Å². The van der Waals surface area contributed by atoms with Crippen LogP contribution in [0, 0.1) is 0 Å². The monoisotopic (exact) mass is 682 g/mol. The number of esters is 1. The SMILES string of the molecule is CCC=CCC=CCC=CCC=CCC=CCC=CCSCC(=O)NCCCCC(NC(=O)c1ccccc1O)C(=O)OC(CO)CO. The van der Waals surface area contributed by atoms with Gasteiger partial charge in [0, 0.05) is 12.3 Å². The first-order chi connectivity index (χ1) is 23.4. The average molecular weight is 683 g/mol. The van der Waals surface area contributed by atoms with E-state index in [-0.39, 0.29) is 23.6 Å². The van der Waals surface area contributed by atoms with Crippen LogP contribution in [-0.4, -0.2) is 76.5 Å². The Bertz CT molecular complexity index is 1220. The Labute approximate surface area is 290 Å². The van der Waals surface area contributed by atoms with Crippen molar-refractivity contribution in [1.82, 2.24) is 10.6 Å². The standard InChI is InChI=1S/C38H54N2O7S/c1-2-3-4-5-6-7-8-9-10-11-12-13-14-15-16-17-18-23-28-48-31-36(44)39-27-22-21-25-34(38(46)47-32(29-41)30-42)40-37(45)33-24-19-20-26-35(33)43/h3-4,6-7,9-10,12-13,15-16,18-20,23-24,26,32,34,41-43H,2,5,8,11,14,17,21-22,25,27-31H2,1H3,(H,39,44)(H,40,45). The molecule has 1 rings (SSSR count). The molecule has 0 aliphatic rings. The fourth-order valence-electron chi connectivity index (χ4n) is 4.09. The Morgan fingerprint density at radius 3 is 1.88 bits per heavy atom. The van der Waals surface area contributed by atoms with Crippen LogP contribution >= 0.6 is 11.8 Å². The van der Waals surface area contributed by atoms with E-state index in [9.17, 15) is 29.7 Å². The highest BCUT2D eigenvalue weighted by Crippen LogP contribution is 2.16. The van der Waals surface area contributed by atoms with E-state index >= 15 is 0 Å². The molecule has 48 heavy (non-hydrogen) atoms. The summed E-state index contributed by atoms with van der Waals surface area (Å²) in [6.45, 7) is 1.42. The van der Waals surface area contributed by atoms with E-state index in [1.165, 1.54) is 23.9 Å². The Morgan fingerprint density at radius 2 is 1.33 bits per heavy atom. The molecule has 1 unspecified atom stereocenters. The minimum atomic E-state index is -1.10. The number of allylic oxidation sites excluding steroid dienone is 11. The summed E-state index contributed by atoms with van der Waals surface area (Å²) in [7, 11) is 0. The van der Waals surface area contributed by atoms with Crippen molar-refractivity contribution in [2.75, 3.05) is 31.3 Å². The zero-order valence-electron chi connectivity index (χ0n) is 28.2. The van der Waals surface area contributed by atoms with Crippen molar-refractivity contribution in [2.45, 2.75) is 76.9 Å². The molecule has 0 aliphatic heterocycles. The molecule has 0 aromatic heterocycles. The Balaban J connectivity index is 2.21. The van der Waals surface area contributed by atoms with Gasteiger partial charge in [-0.25, -0.2) is 4.79 Å². The normalized spacial score (nSPS) is 12.8. The minimum absolute atomic E-state index is 0.00458. The predicted octanol–water partition coefficient (Wildman–Crippen LogP) is 6.10. The summed E-state index contributed by atoms with van der Waals surface area (Å²) in [5.41, 5.74) is 0.00458. The van der Waals surface area contributed by atoms with Crippen molar-refractivity contribution in [1.29, 1.82) is 0 Å². The van der Waals surface area contributed by atoms with Crippen LogP contribution in [0.15, 0.2) is 97.2 Å². The minimum Gasteiger partial charge on any atom is -0.507 e. The van der Waals surface area contributed by atoms with Gasteiger partial charge in [-0.2, -0.15) is 0 Å². The molecule has 1 aromatic carbocycles. The second kappa shape index (κ2) is 29.3. The molecule has 0 spiro atoms. The number of hydrogen-bond donors (Lipinski definition) is 5. The van der Waals surface area contributed by atoms with Gasteiger partial charge >= 0.3 is 5.97 Å². The average Bonchev–Trinajstić information content (AvgIpc) is 3.09. The molecule has 10 heteroatoms. The number of aliphatic hydroxyl groups excluding tert-OH is 2. The van der Waals surface area contributed by atoms with Gasteiger partial charge in [0.2, 0.25) is 5.91 Å². The maximum atomic E-state index is 12.6.